The summed E-state index contributed by atoms with van der Waals surface area (Å²) in [6, 6.07) is 7.32. The third kappa shape index (κ3) is 3.49. The molecule has 0 aromatic heterocycles. The third-order valence-corrected chi connectivity index (χ3v) is 6.61. The van der Waals surface area contributed by atoms with Gasteiger partial charge in [-0.3, -0.25) is 0 Å². The van der Waals surface area contributed by atoms with Crippen molar-refractivity contribution in [3.8, 4) is 0 Å². The molecule has 0 saturated carbocycles. The Labute approximate surface area is 129 Å². The first kappa shape index (κ1) is 15.3. The summed E-state index contributed by atoms with van der Waals surface area (Å²) >= 11 is 2.30. The van der Waals surface area contributed by atoms with Crippen LogP contribution in [0, 0.1) is 6.92 Å². The molecule has 0 N–H and O–H groups in total. The Kier molecular flexibility index (Phi) is 5.25. The molecule has 106 valence electrons. The summed E-state index contributed by atoms with van der Waals surface area (Å²) in [5, 5.41) is 0. The molecule has 0 amide bonds. The molecule has 0 spiro atoms. The van der Waals surface area contributed by atoms with Gasteiger partial charge in [0.1, 0.15) is 0 Å². The van der Waals surface area contributed by atoms with E-state index in [1.54, 1.807) is 16.4 Å². The van der Waals surface area contributed by atoms with Crippen LogP contribution in [0.15, 0.2) is 29.2 Å². The Morgan fingerprint density at radius 1 is 1.21 bits per heavy atom. The van der Waals surface area contributed by atoms with Crippen molar-refractivity contribution < 1.29 is 8.42 Å². The summed E-state index contributed by atoms with van der Waals surface area (Å²) in [7, 11) is -3.33. The predicted molar refractivity (Wildman–Crippen MR) is 86.2 cm³/mol. The van der Waals surface area contributed by atoms with Crippen molar-refractivity contribution in [2.45, 2.75) is 43.5 Å². The Morgan fingerprint density at radius 3 is 2.53 bits per heavy atom. The highest BCUT2D eigenvalue weighted by molar-refractivity contribution is 14.1. The van der Waals surface area contributed by atoms with Gasteiger partial charge in [0.15, 0.2) is 0 Å². The number of rotatable bonds is 3. The quantitative estimate of drug-likeness (QED) is 0.584. The van der Waals surface area contributed by atoms with E-state index in [4.69, 9.17) is 0 Å². The van der Waals surface area contributed by atoms with E-state index in [2.05, 4.69) is 22.6 Å². The van der Waals surface area contributed by atoms with E-state index in [-0.39, 0.29) is 6.04 Å². The van der Waals surface area contributed by atoms with Gasteiger partial charge in [-0.25, -0.2) is 8.42 Å². The molecule has 0 radical (unpaired) electrons. The molecule has 1 atom stereocenters. The average molecular weight is 393 g/mol. The Morgan fingerprint density at radius 2 is 1.89 bits per heavy atom. The van der Waals surface area contributed by atoms with Crippen LogP contribution in [0.4, 0.5) is 0 Å². The first-order chi connectivity index (χ1) is 9.05. The topological polar surface area (TPSA) is 37.4 Å². The summed E-state index contributed by atoms with van der Waals surface area (Å²) in [6.07, 6.45) is 4.22. The van der Waals surface area contributed by atoms with E-state index in [1.807, 2.05) is 19.1 Å². The molecule has 0 aliphatic carbocycles. The molecule has 1 heterocycles. The van der Waals surface area contributed by atoms with Gasteiger partial charge in [0.2, 0.25) is 10.0 Å². The zero-order chi connectivity index (χ0) is 13.9. The van der Waals surface area contributed by atoms with Crippen LogP contribution in [0.2, 0.25) is 0 Å². The standard InChI is InChI=1S/C14H20INO2S/c1-12-6-8-14(9-7-12)19(17,18)16-10-4-2-3-5-13(16)11-15/h6-9,13H,2-5,10-11H2,1H3. The normalized spacial score (nSPS) is 22.1. The van der Waals surface area contributed by atoms with Gasteiger partial charge >= 0.3 is 0 Å². The number of hydrogen-bond donors (Lipinski definition) is 0. The minimum atomic E-state index is -3.33. The van der Waals surface area contributed by atoms with E-state index >= 15 is 0 Å². The van der Waals surface area contributed by atoms with Gasteiger partial charge in [0.05, 0.1) is 4.90 Å². The number of aryl methyl sites for hydroxylation is 1. The summed E-state index contributed by atoms with van der Waals surface area (Å²) in [5.41, 5.74) is 1.08. The van der Waals surface area contributed by atoms with Crippen molar-refractivity contribution in [2.75, 3.05) is 11.0 Å². The van der Waals surface area contributed by atoms with Gasteiger partial charge in [-0.05, 0) is 31.9 Å². The van der Waals surface area contributed by atoms with Gasteiger partial charge in [-0.2, -0.15) is 4.31 Å². The van der Waals surface area contributed by atoms with Crippen LogP contribution in [0.5, 0.6) is 0 Å². The van der Waals surface area contributed by atoms with Crippen LogP contribution in [0.25, 0.3) is 0 Å². The third-order valence-electron chi connectivity index (χ3n) is 3.63. The van der Waals surface area contributed by atoms with Crippen LogP contribution in [0.3, 0.4) is 0 Å². The molecule has 19 heavy (non-hydrogen) atoms. The fraction of sp³-hybridized carbons (Fsp3) is 0.571. The second-order valence-electron chi connectivity index (χ2n) is 5.09. The molecule has 3 nitrogen and oxygen atoms in total. The summed E-state index contributed by atoms with van der Waals surface area (Å²) in [6.45, 7) is 2.62. The molecule has 1 fully saturated rings. The average Bonchev–Trinajstić information content (AvgIpc) is 2.64. The van der Waals surface area contributed by atoms with Gasteiger partial charge in [0, 0.05) is 17.0 Å². The fourth-order valence-corrected chi connectivity index (χ4v) is 5.34. The van der Waals surface area contributed by atoms with Crippen molar-refractivity contribution in [3.63, 3.8) is 0 Å². The SMILES string of the molecule is Cc1ccc(S(=O)(=O)N2CCCCCC2CI)cc1. The zero-order valence-corrected chi connectivity index (χ0v) is 14.2. The van der Waals surface area contributed by atoms with E-state index in [1.165, 1.54) is 0 Å². The van der Waals surface area contributed by atoms with Crippen LogP contribution < -0.4 is 0 Å². The molecule has 1 aliphatic heterocycles. The number of alkyl halides is 1. The molecule has 0 bridgehead atoms. The number of halogens is 1. The van der Waals surface area contributed by atoms with Gasteiger partial charge in [-0.15, -0.1) is 0 Å². The Bertz CT molecular complexity index is 513. The highest BCUT2D eigenvalue weighted by Crippen LogP contribution is 2.26. The summed E-state index contributed by atoms with van der Waals surface area (Å²) < 4.78 is 28.1. The smallest absolute Gasteiger partial charge is 0.207 e. The van der Waals surface area contributed by atoms with E-state index in [9.17, 15) is 8.42 Å². The van der Waals surface area contributed by atoms with Crippen molar-refractivity contribution in [1.82, 2.24) is 4.31 Å². The van der Waals surface area contributed by atoms with Gasteiger partial charge in [0.25, 0.3) is 0 Å². The lowest BCUT2D eigenvalue weighted by atomic mass is 10.1. The van der Waals surface area contributed by atoms with Crippen LogP contribution in [-0.4, -0.2) is 29.7 Å². The van der Waals surface area contributed by atoms with E-state index < -0.39 is 10.0 Å². The minimum absolute atomic E-state index is 0.148. The van der Waals surface area contributed by atoms with Crippen molar-refractivity contribution >= 4 is 32.6 Å². The molecule has 1 aliphatic rings. The monoisotopic (exact) mass is 393 g/mol. The molecule has 1 aromatic carbocycles. The molecular formula is C14H20INO2S. The maximum Gasteiger partial charge on any atom is 0.243 e. The molecule has 2 rings (SSSR count). The van der Waals surface area contributed by atoms with Crippen LogP contribution in [0.1, 0.15) is 31.2 Å². The Balaban J connectivity index is 2.33. The van der Waals surface area contributed by atoms with Crippen molar-refractivity contribution in [2.24, 2.45) is 0 Å². The first-order valence-corrected chi connectivity index (χ1v) is 9.67. The molecular weight excluding hydrogens is 373 g/mol. The van der Waals surface area contributed by atoms with E-state index in [0.717, 1.165) is 35.7 Å². The van der Waals surface area contributed by atoms with Gasteiger partial charge < -0.3 is 0 Å². The Hall–Kier alpha value is -0.140. The van der Waals surface area contributed by atoms with Crippen molar-refractivity contribution in [1.29, 1.82) is 0 Å². The second-order valence-corrected chi connectivity index (χ2v) is 7.86. The maximum absolute atomic E-state index is 12.7. The van der Waals surface area contributed by atoms with Crippen LogP contribution >= 0.6 is 22.6 Å². The zero-order valence-electron chi connectivity index (χ0n) is 11.2. The fourth-order valence-electron chi connectivity index (χ4n) is 2.47. The maximum atomic E-state index is 12.7. The second kappa shape index (κ2) is 6.54. The first-order valence-electron chi connectivity index (χ1n) is 6.70. The highest BCUT2D eigenvalue weighted by atomic mass is 127. The van der Waals surface area contributed by atoms with Gasteiger partial charge in [-0.1, -0.05) is 53.1 Å². The highest BCUT2D eigenvalue weighted by Gasteiger charge is 2.31. The molecule has 5 heteroatoms. The molecule has 1 aromatic rings. The lowest BCUT2D eigenvalue weighted by Gasteiger charge is -2.27. The molecule has 1 unspecified atom stereocenters. The van der Waals surface area contributed by atoms with Crippen LogP contribution in [-0.2, 0) is 10.0 Å². The number of benzene rings is 1. The number of sulfonamides is 1. The van der Waals surface area contributed by atoms with E-state index in [0.29, 0.717) is 11.4 Å². The number of nitrogens with zero attached hydrogens (tertiary/aromatic N) is 1. The lowest BCUT2D eigenvalue weighted by Crippen LogP contribution is -2.40. The minimum Gasteiger partial charge on any atom is -0.207 e. The predicted octanol–water partition coefficient (Wildman–Crippen LogP) is 3.36. The summed E-state index contributed by atoms with van der Waals surface area (Å²) in [5.74, 6) is 0. The molecule has 1 saturated heterocycles. The largest absolute Gasteiger partial charge is 0.243 e. The summed E-state index contributed by atoms with van der Waals surface area (Å²) in [4.78, 5) is 0.426. The lowest BCUT2D eigenvalue weighted by molar-refractivity contribution is 0.349. The number of hydrogen-bond acceptors (Lipinski definition) is 2. The van der Waals surface area contributed by atoms with Crippen molar-refractivity contribution in [3.05, 3.63) is 29.8 Å².